The first-order valence-electron chi connectivity index (χ1n) is 8.87. The number of pyridine rings is 2. The van der Waals surface area contributed by atoms with Gasteiger partial charge in [-0.3, -0.25) is 19.1 Å². The number of aryl methyl sites for hydroxylation is 1. The van der Waals surface area contributed by atoms with E-state index in [1.54, 1.807) is 41.2 Å². The van der Waals surface area contributed by atoms with Crippen LogP contribution in [0.1, 0.15) is 33.6 Å². The number of fused-ring (bicyclic) bond motifs is 1. The van der Waals surface area contributed by atoms with E-state index >= 15 is 0 Å². The molecule has 0 saturated carbocycles. The van der Waals surface area contributed by atoms with Crippen LogP contribution < -0.4 is 10.3 Å². The third-order valence-corrected chi connectivity index (χ3v) is 4.88. The number of nitrogens with zero attached hydrogens (tertiary/aromatic N) is 2. The molecule has 0 aliphatic heterocycles. The van der Waals surface area contributed by atoms with Crippen LogP contribution in [0.4, 0.5) is 0 Å². The average molecular weight is 393 g/mol. The first-order valence-corrected chi connectivity index (χ1v) is 9.25. The van der Waals surface area contributed by atoms with Crippen LogP contribution >= 0.6 is 11.6 Å². The summed E-state index contributed by atoms with van der Waals surface area (Å²) in [7, 11) is 0. The molecule has 1 aromatic carbocycles. The number of aldehydes is 1. The topological polar surface area (TPSA) is 61.2 Å². The van der Waals surface area contributed by atoms with Crippen molar-refractivity contribution in [1.82, 2.24) is 9.55 Å². The number of carbonyl (C=O) groups excluding carboxylic acids is 1. The Hall–Kier alpha value is -3.18. The van der Waals surface area contributed by atoms with Gasteiger partial charge in [0.15, 0.2) is 0 Å². The fourth-order valence-electron chi connectivity index (χ4n) is 3.20. The Morgan fingerprint density at radius 1 is 1.14 bits per heavy atom. The van der Waals surface area contributed by atoms with Gasteiger partial charge < -0.3 is 4.74 Å². The second-order valence-corrected chi connectivity index (χ2v) is 6.98. The molecular formula is C22H17ClN2O3. The highest BCUT2D eigenvalue weighted by molar-refractivity contribution is 6.30. The molecule has 0 N–H and O–H groups in total. The van der Waals surface area contributed by atoms with E-state index in [4.69, 9.17) is 16.3 Å². The van der Waals surface area contributed by atoms with Crippen LogP contribution in [0.5, 0.6) is 5.75 Å². The van der Waals surface area contributed by atoms with E-state index < -0.39 is 0 Å². The molecule has 3 aromatic rings. The van der Waals surface area contributed by atoms with Gasteiger partial charge in [0.2, 0.25) is 0 Å². The Bertz CT molecular complexity index is 1120. The van der Waals surface area contributed by atoms with Gasteiger partial charge in [0, 0.05) is 29.7 Å². The maximum Gasteiger partial charge on any atom is 0.258 e. The molecule has 6 heteroatoms. The molecule has 0 bridgehead atoms. The monoisotopic (exact) mass is 392 g/mol. The van der Waals surface area contributed by atoms with Crippen molar-refractivity contribution in [2.45, 2.75) is 19.4 Å². The summed E-state index contributed by atoms with van der Waals surface area (Å²) in [5.74, 6) is 0.491. The number of carbonyl (C=O) groups is 1. The average Bonchev–Trinajstić information content (AvgIpc) is 2.72. The zero-order chi connectivity index (χ0) is 19.5. The summed E-state index contributed by atoms with van der Waals surface area (Å²) in [5, 5.41) is 0.566. The molecule has 0 unspecified atom stereocenters. The van der Waals surface area contributed by atoms with Crippen LogP contribution in [-0.2, 0) is 13.0 Å². The number of allylic oxidation sites excluding steroid dienone is 1. The molecule has 1 aliphatic carbocycles. The van der Waals surface area contributed by atoms with E-state index in [0.717, 1.165) is 41.6 Å². The normalized spacial score (nSPS) is 12.8. The van der Waals surface area contributed by atoms with Gasteiger partial charge in [0.25, 0.3) is 5.56 Å². The first kappa shape index (κ1) is 18.2. The Labute approximate surface area is 166 Å². The fraction of sp³-hybridized carbons (Fsp3) is 0.136. The lowest BCUT2D eigenvalue weighted by atomic mass is 9.93. The SMILES string of the molecule is O=Cc1ccc2c(c1)CCC(n1ccc(OCc3ccc(Cl)cn3)cc1=O)=C2. The van der Waals surface area contributed by atoms with Gasteiger partial charge >= 0.3 is 0 Å². The number of ether oxygens (including phenoxy) is 1. The molecular weight excluding hydrogens is 376 g/mol. The van der Waals surface area contributed by atoms with E-state index in [-0.39, 0.29) is 12.2 Å². The van der Waals surface area contributed by atoms with E-state index in [1.165, 1.54) is 6.07 Å². The Balaban J connectivity index is 1.53. The third kappa shape index (κ3) is 3.89. The molecule has 1 aliphatic rings. The second-order valence-electron chi connectivity index (χ2n) is 6.54. The lowest BCUT2D eigenvalue weighted by Crippen LogP contribution is -2.19. The van der Waals surface area contributed by atoms with Crippen LogP contribution in [0.3, 0.4) is 0 Å². The van der Waals surface area contributed by atoms with Gasteiger partial charge in [-0.2, -0.15) is 0 Å². The molecule has 0 amide bonds. The lowest BCUT2D eigenvalue weighted by molar-refractivity contribution is 0.112. The minimum Gasteiger partial charge on any atom is -0.487 e. The van der Waals surface area contributed by atoms with Crippen molar-refractivity contribution in [3.8, 4) is 5.75 Å². The quantitative estimate of drug-likeness (QED) is 0.609. The summed E-state index contributed by atoms with van der Waals surface area (Å²) in [6.07, 6.45) is 7.64. The van der Waals surface area contributed by atoms with Crippen molar-refractivity contribution in [3.05, 3.63) is 92.6 Å². The molecule has 140 valence electrons. The Morgan fingerprint density at radius 2 is 2.04 bits per heavy atom. The van der Waals surface area contributed by atoms with Crippen LogP contribution in [0.25, 0.3) is 11.8 Å². The minimum atomic E-state index is -0.152. The number of hydrogen-bond donors (Lipinski definition) is 0. The van der Waals surface area contributed by atoms with Crippen LogP contribution in [0.15, 0.2) is 59.7 Å². The van der Waals surface area contributed by atoms with Gasteiger partial charge in [0.1, 0.15) is 18.6 Å². The van der Waals surface area contributed by atoms with Crippen molar-refractivity contribution in [1.29, 1.82) is 0 Å². The summed E-state index contributed by atoms with van der Waals surface area (Å²) in [5.41, 5.74) is 4.33. The third-order valence-electron chi connectivity index (χ3n) is 4.65. The zero-order valence-electron chi connectivity index (χ0n) is 15.0. The molecule has 2 heterocycles. The van der Waals surface area contributed by atoms with Crippen LogP contribution in [-0.4, -0.2) is 15.8 Å². The number of aromatic nitrogens is 2. The van der Waals surface area contributed by atoms with E-state index in [2.05, 4.69) is 4.98 Å². The maximum absolute atomic E-state index is 12.6. The predicted octanol–water partition coefficient (Wildman–Crippen LogP) is 4.23. The smallest absolute Gasteiger partial charge is 0.258 e. The van der Waals surface area contributed by atoms with Crippen molar-refractivity contribution < 1.29 is 9.53 Å². The number of halogens is 1. The molecule has 0 spiro atoms. The van der Waals surface area contributed by atoms with Crippen molar-refractivity contribution in [3.63, 3.8) is 0 Å². The van der Waals surface area contributed by atoms with Crippen molar-refractivity contribution >= 4 is 29.7 Å². The van der Waals surface area contributed by atoms with Crippen LogP contribution in [0, 0.1) is 0 Å². The largest absolute Gasteiger partial charge is 0.487 e. The predicted molar refractivity (Wildman–Crippen MR) is 109 cm³/mol. The molecule has 28 heavy (non-hydrogen) atoms. The fourth-order valence-corrected chi connectivity index (χ4v) is 3.31. The van der Waals surface area contributed by atoms with Gasteiger partial charge in [-0.05, 0) is 54.3 Å². The standard InChI is InChI=1S/C22H17ClN2O3/c23-18-4-5-19(24-12-18)14-28-21-7-8-25(22(27)11-21)20-6-3-16-9-15(13-26)1-2-17(16)10-20/h1-2,4-5,7-13H,3,6,14H2. The molecule has 0 saturated heterocycles. The molecule has 0 radical (unpaired) electrons. The highest BCUT2D eigenvalue weighted by atomic mass is 35.5. The number of hydrogen-bond acceptors (Lipinski definition) is 4. The van der Waals surface area contributed by atoms with E-state index in [0.29, 0.717) is 16.3 Å². The molecule has 2 aromatic heterocycles. The maximum atomic E-state index is 12.6. The summed E-state index contributed by atoms with van der Waals surface area (Å²) in [6.45, 7) is 0.260. The van der Waals surface area contributed by atoms with Crippen molar-refractivity contribution in [2.75, 3.05) is 0 Å². The Morgan fingerprint density at radius 3 is 2.79 bits per heavy atom. The van der Waals surface area contributed by atoms with Crippen LogP contribution in [0.2, 0.25) is 5.02 Å². The van der Waals surface area contributed by atoms with Crippen molar-refractivity contribution in [2.24, 2.45) is 0 Å². The molecule has 0 fully saturated rings. The van der Waals surface area contributed by atoms with E-state index in [9.17, 15) is 9.59 Å². The summed E-state index contributed by atoms with van der Waals surface area (Å²) < 4.78 is 7.29. The van der Waals surface area contributed by atoms with Gasteiger partial charge in [-0.1, -0.05) is 23.7 Å². The lowest BCUT2D eigenvalue weighted by Gasteiger charge is -2.18. The minimum absolute atomic E-state index is 0.152. The molecule has 0 atom stereocenters. The highest BCUT2D eigenvalue weighted by Gasteiger charge is 2.13. The molecule has 5 nitrogen and oxygen atoms in total. The first-order chi connectivity index (χ1) is 13.6. The van der Waals surface area contributed by atoms with E-state index in [1.807, 2.05) is 18.2 Å². The number of rotatable bonds is 5. The Kier molecular flexibility index (Phi) is 5.08. The summed E-state index contributed by atoms with van der Waals surface area (Å²) in [6, 6.07) is 12.4. The second kappa shape index (κ2) is 7.82. The summed E-state index contributed by atoms with van der Waals surface area (Å²) >= 11 is 5.82. The summed E-state index contributed by atoms with van der Waals surface area (Å²) in [4.78, 5) is 27.7. The highest BCUT2D eigenvalue weighted by Crippen LogP contribution is 2.27. The van der Waals surface area contributed by atoms with Gasteiger partial charge in [-0.15, -0.1) is 0 Å². The van der Waals surface area contributed by atoms with Gasteiger partial charge in [-0.25, -0.2) is 0 Å². The zero-order valence-corrected chi connectivity index (χ0v) is 15.7. The number of benzene rings is 1. The van der Waals surface area contributed by atoms with Gasteiger partial charge in [0.05, 0.1) is 10.7 Å². The molecule has 4 rings (SSSR count).